The lowest BCUT2D eigenvalue weighted by Crippen LogP contribution is -2.50. The van der Waals surface area contributed by atoms with E-state index in [9.17, 15) is 13.2 Å². The van der Waals surface area contributed by atoms with Gasteiger partial charge in [-0.1, -0.05) is 31.0 Å². The molecule has 2 aliphatic heterocycles. The number of nitrogens with zero attached hydrogens (tertiary/aromatic N) is 3. The second kappa shape index (κ2) is 10.4. The molecule has 2 saturated heterocycles. The number of nitrogens with one attached hydrogen (secondary N) is 1. The molecule has 32 heavy (non-hydrogen) atoms. The molecule has 1 N–H and O–H groups in total. The Morgan fingerprint density at radius 3 is 2.03 bits per heavy atom. The van der Waals surface area contributed by atoms with Crippen LogP contribution in [0, 0.1) is 0 Å². The van der Waals surface area contributed by atoms with Gasteiger partial charge in [0.05, 0.1) is 11.4 Å². The molecule has 0 radical (unpaired) electrons. The fourth-order valence-electron chi connectivity index (χ4n) is 4.32. The first-order valence-electron chi connectivity index (χ1n) is 11.5. The molecule has 2 aromatic rings. The van der Waals surface area contributed by atoms with Crippen molar-refractivity contribution >= 4 is 27.3 Å². The number of hydrogen-bond acceptors (Lipinski definition) is 5. The molecule has 2 fully saturated rings. The number of anilines is 2. The maximum absolute atomic E-state index is 12.9. The predicted octanol–water partition coefficient (Wildman–Crippen LogP) is 3.01. The summed E-state index contributed by atoms with van der Waals surface area (Å²) in [6.45, 7) is 4.41. The number of piperazine rings is 1. The summed E-state index contributed by atoms with van der Waals surface area (Å²) in [6, 6.07) is 17.0. The molecule has 0 atom stereocenters. The zero-order valence-corrected chi connectivity index (χ0v) is 19.3. The van der Waals surface area contributed by atoms with Crippen molar-refractivity contribution in [2.45, 2.75) is 30.6 Å². The summed E-state index contributed by atoms with van der Waals surface area (Å²) in [4.78, 5) is 17.1. The van der Waals surface area contributed by atoms with Crippen LogP contribution >= 0.6 is 0 Å². The highest BCUT2D eigenvalue weighted by atomic mass is 32.2. The average Bonchev–Trinajstić information content (AvgIpc) is 3.14. The Kier molecular flexibility index (Phi) is 7.32. The van der Waals surface area contributed by atoms with Crippen LogP contribution in [0.3, 0.4) is 0 Å². The molecule has 1 amide bonds. The van der Waals surface area contributed by atoms with Crippen molar-refractivity contribution in [3.05, 3.63) is 54.6 Å². The van der Waals surface area contributed by atoms with E-state index in [1.807, 2.05) is 23.1 Å². The van der Waals surface area contributed by atoms with Crippen LogP contribution in [0.25, 0.3) is 0 Å². The van der Waals surface area contributed by atoms with Gasteiger partial charge in [-0.2, -0.15) is 4.31 Å². The van der Waals surface area contributed by atoms with E-state index in [1.54, 1.807) is 28.6 Å². The van der Waals surface area contributed by atoms with Crippen molar-refractivity contribution < 1.29 is 13.2 Å². The second-order valence-electron chi connectivity index (χ2n) is 8.40. The third-order valence-electron chi connectivity index (χ3n) is 6.25. The van der Waals surface area contributed by atoms with Crippen LogP contribution < -0.4 is 10.2 Å². The van der Waals surface area contributed by atoms with Gasteiger partial charge in [0.15, 0.2) is 0 Å². The molecule has 0 aromatic heterocycles. The van der Waals surface area contributed by atoms with Crippen molar-refractivity contribution in [3.8, 4) is 0 Å². The Bertz CT molecular complexity index is 980. The van der Waals surface area contributed by atoms with E-state index in [0.29, 0.717) is 31.1 Å². The standard InChI is InChI=1S/C24H32N4O3S/c29-24(27-18-16-26(17-19-27)22-8-4-3-5-9-22)20-25-21-10-12-23(13-11-21)32(30,31)28-14-6-1-2-7-15-28/h3-5,8-13,25H,1-2,6-7,14-20H2. The van der Waals surface area contributed by atoms with Crippen LogP contribution in [0.4, 0.5) is 11.4 Å². The monoisotopic (exact) mass is 456 g/mol. The first-order valence-corrected chi connectivity index (χ1v) is 12.9. The second-order valence-corrected chi connectivity index (χ2v) is 10.3. The van der Waals surface area contributed by atoms with Crippen molar-refractivity contribution in [3.63, 3.8) is 0 Å². The average molecular weight is 457 g/mol. The fraction of sp³-hybridized carbons (Fsp3) is 0.458. The molecule has 0 saturated carbocycles. The predicted molar refractivity (Wildman–Crippen MR) is 127 cm³/mol. The topological polar surface area (TPSA) is 73.0 Å². The number of amides is 1. The van der Waals surface area contributed by atoms with Crippen molar-refractivity contribution in [1.29, 1.82) is 0 Å². The quantitative estimate of drug-likeness (QED) is 0.723. The van der Waals surface area contributed by atoms with E-state index in [4.69, 9.17) is 0 Å². The van der Waals surface area contributed by atoms with Crippen molar-refractivity contribution in [2.24, 2.45) is 0 Å². The minimum absolute atomic E-state index is 0.0546. The van der Waals surface area contributed by atoms with Gasteiger partial charge in [0, 0.05) is 50.6 Å². The minimum Gasteiger partial charge on any atom is -0.376 e. The lowest BCUT2D eigenvalue weighted by atomic mass is 10.2. The maximum Gasteiger partial charge on any atom is 0.243 e. The van der Waals surface area contributed by atoms with Gasteiger partial charge in [-0.3, -0.25) is 4.79 Å². The third kappa shape index (κ3) is 5.42. The highest BCUT2D eigenvalue weighted by Crippen LogP contribution is 2.22. The van der Waals surface area contributed by atoms with Gasteiger partial charge in [0.25, 0.3) is 0 Å². The lowest BCUT2D eigenvalue weighted by Gasteiger charge is -2.36. The molecular weight excluding hydrogens is 424 g/mol. The highest BCUT2D eigenvalue weighted by Gasteiger charge is 2.25. The van der Waals surface area contributed by atoms with E-state index in [1.165, 1.54) is 5.69 Å². The van der Waals surface area contributed by atoms with Crippen molar-refractivity contribution in [2.75, 3.05) is 56.0 Å². The number of carbonyl (C=O) groups is 1. The Balaban J connectivity index is 1.27. The molecule has 0 bridgehead atoms. The third-order valence-corrected chi connectivity index (χ3v) is 8.17. The first-order chi connectivity index (χ1) is 15.5. The largest absolute Gasteiger partial charge is 0.376 e. The van der Waals surface area contributed by atoms with Gasteiger partial charge < -0.3 is 15.1 Å². The summed E-state index contributed by atoms with van der Waals surface area (Å²) in [5.41, 5.74) is 1.93. The number of carbonyl (C=O) groups excluding carboxylic acids is 1. The summed E-state index contributed by atoms with van der Waals surface area (Å²) in [5, 5.41) is 3.14. The summed E-state index contributed by atoms with van der Waals surface area (Å²) in [5.74, 6) is 0.0546. The Labute approximate surface area is 191 Å². The number of benzene rings is 2. The molecule has 2 aromatic carbocycles. The van der Waals surface area contributed by atoms with Gasteiger partial charge in [-0.15, -0.1) is 0 Å². The zero-order valence-electron chi connectivity index (χ0n) is 18.4. The fourth-order valence-corrected chi connectivity index (χ4v) is 5.84. The molecule has 172 valence electrons. The number of sulfonamides is 1. The van der Waals surface area contributed by atoms with Crippen molar-refractivity contribution in [1.82, 2.24) is 9.21 Å². The van der Waals surface area contributed by atoms with Gasteiger partial charge in [0.2, 0.25) is 15.9 Å². The molecule has 0 unspecified atom stereocenters. The van der Waals surface area contributed by atoms with Crippen LogP contribution in [0.15, 0.2) is 59.5 Å². The van der Waals surface area contributed by atoms with E-state index >= 15 is 0 Å². The molecule has 2 heterocycles. The normalized spacial score (nSPS) is 18.2. The van der Waals surface area contributed by atoms with Crippen LogP contribution in [-0.4, -0.2) is 69.3 Å². The summed E-state index contributed by atoms with van der Waals surface area (Å²) in [7, 11) is -3.45. The minimum atomic E-state index is -3.45. The van der Waals surface area contributed by atoms with Crippen LogP contribution in [0.2, 0.25) is 0 Å². The SMILES string of the molecule is O=C(CNc1ccc(S(=O)(=O)N2CCCCCC2)cc1)N1CCN(c2ccccc2)CC1. The van der Waals surface area contributed by atoms with E-state index < -0.39 is 10.0 Å². The number of hydrogen-bond donors (Lipinski definition) is 1. The summed E-state index contributed by atoms with van der Waals surface area (Å²) < 4.78 is 27.4. The highest BCUT2D eigenvalue weighted by molar-refractivity contribution is 7.89. The molecule has 8 heteroatoms. The molecule has 2 aliphatic rings. The molecule has 4 rings (SSSR count). The van der Waals surface area contributed by atoms with Gasteiger partial charge >= 0.3 is 0 Å². The Hall–Kier alpha value is -2.58. The van der Waals surface area contributed by atoms with Gasteiger partial charge in [-0.05, 0) is 49.2 Å². The molecule has 0 aliphatic carbocycles. The number of para-hydroxylation sites is 1. The maximum atomic E-state index is 12.9. The van der Waals surface area contributed by atoms with E-state index in [2.05, 4.69) is 22.3 Å². The molecular formula is C24H32N4O3S. The summed E-state index contributed by atoms with van der Waals surface area (Å²) in [6.07, 6.45) is 4.01. The van der Waals surface area contributed by atoms with Gasteiger partial charge in [0.1, 0.15) is 0 Å². The zero-order chi connectivity index (χ0) is 22.4. The van der Waals surface area contributed by atoms with Crippen LogP contribution in [0.1, 0.15) is 25.7 Å². The smallest absolute Gasteiger partial charge is 0.243 e. The van der Waals surface area contributed by atoms with E-state index in [-0.39, 0.29) is 12.5 Å². The van der Waals surface area contributed by atoms with Gasteiger partial charge in [-0.25, -0.2) is 8.42 Å². The van der Waals surface area contributed by atoms with E-state index in [0.717, 1.165) is 44.5 Å². The Morgan fingerprint density at radius 1 is 0.781 bits per heavy atom. The number of rotatable bonds is 6. The summed E-state index contributed by atoms with van der Waals surface area (Å²) >= 11 is 0. The van der Waals surface area contributed by atoms with Crippen LogP contribution in [-0.2, 0) is 14.8 Å². The molecule has 0 spiro atoms. The van der Waals surface area contributed by atoms with Crippen LogP contribution in [0.5, 0.6) is 0 Å². The first kappa shape index (κ1) is 22.6. The lowest BCUT2D eigenvalue weighted by molar-refractivity contribution is -0.129. The Morgan fingerprint density at radius 2 is 1.41 bits per heavy atom. The molecule has 7 nitrogen and oxygen atoms in total.